The van der Waals surface area contributed by atoms with Crippen molar-refractivity contribution in [3.8, 4) is 28.7 Å². The number of ether oxygens (including phenoxy) is 1. The van der Waals surface area contributed by atoms with Crippen molar-refractivity contribution in [2.45, 2.75) is 0 Å². The SMILES string of the molecule is COc1ccc(-c2nnc(-c3ccccc3)o2)cc1N. The van der Waals surface area contributed by atoms with Gasteiger partial charge < -0.3 is 14.9 Å². The largest absolute Gasteiger partial charge is 0.495 e. The molecule has 0 atom stereocenters. The highest BCUT2D eigenvalue weighted by Gasteiger charge is 2.11. The van der Waals surface area contributed by atoms with Crippen molar-refractivity contribution in [3.05, 3.63) is 48.5 Å². The molecule has 0 aliphatic heterocycles. The summed E-state index contributed by atoms with van der Waals surface area (Å²) in [7, 11) is 1.57. The maximum atomic E-state index is 5.87. The molecule has 2 N–H and O–H groups in total. The molecule has 3 rings (SSSR count). The highest BCUT2D eigenvalue weighted by atomic mass is 16.5. The summed E-state index contributed by atoms with van der Waals surface area (Å²) in [5.41, 5.74) is 8.05. The summed E-state index contributed by atoms with van der Waals surface area (Å²) in [6, 6.07) is 15.0. The van der Waals surface area contributed by atoms with Gasteiger partial charge in [-0.25, -0.2) is 0 Å². The minimum atomic E-state index is 0.429. The van der Waals surface area contributed by atoms with Crippen LogP contribution in [0.3, 0.4) is 0 Å². The van der Waals surface area contributed by atoms with Crippen LogP contribution >= 0.6 is 0 Å². The van der Waals surface area contributed by atoms with Crippen molar-refractivity contribution in [3.63, 3.8) is 0 Å². The van der Waals surface area contributed by atoms with Gasteiger partial charge in [0, 0.05) is 11.1 Å². The minimum absolute atomic E-state index is 0.429. The zero-order valence-corrected chi connectivity index (χ0v) is 10.9. The van der Waals surface area contributed by atoms with Crippen molar-refractivity contribution in [2.75, 3.05) is 12.8 Å². The molecule has 0 saturated carbocycles. The second-order valence-corrected chi connectivity index (χ2v) is 4.24. The monoisotopic (exact) mass is 267 g/mol. The van der Waals surface area contributed by atoms with E-state index in [1.54, 1.807) is 19.2 Å². The van der Waals surface area contributed by atoms with Crippen molar-refractivity contribution in [1.29, 1.82) is 0 Å². The lowest BCUT2D eigenvalue weighted by Crippen LogP contribution is -1.92. The third kappa shape index (κ3) is 2.21. The van der Waals surface area contributed by atoms with Gasteiger partial charge in [0.2, 0.25) is 11.8 Å². The third-order valence-electron chi connectivity index (χ3n) is 2.92. The molecule has 3 aromatic rings. The van der Waals surface area contributed by atoms with Crippen LogP contribution in [-0.4, -0.2) is 17.3 Å². The van der Waals surface area contributed by atoms with Crippen LogP contribution in [0.15, 0.2) is 52.9 Å². The minimum Gasteiger partial charge on any atom is -0.495 e. The standard InChI is InChI=1S/C15H13N3O2/c1-19-13-8-7-11(9-12(13)16)15-18-17-14(20-15)10-5-3-2-4-6-10/h2-9H,16H2,1H3. The van der Waals surface area contributed by atoms with E-state index in [2.05, 4.69) is 10.2 Å². The van der Waals surface area contributed by atoms with Crippen molar-refractivity contribution < 1.29 is 9.15 Å². The molecule has 0 aliphatic carbocycles. The average molecular weight is 267 g/mol. The van der Waals surface area contributed by atoms with Crippen LogP contribution in [-0.2, 0) is 0 Å². The van der Waals surface area contributed by atoms with E-state index in [9.17, 15) is 0 Å². The lowest BCUT2D eigenvalue weighted by atomic mass is 10.2. The predicted octanol–water partition coefficient (Wildman–Crippen LogP) is 2.99. The Morgan fingerprint density at radius 1 is 0.950 bits per heavy atom. The van der Waals surface area contributed by atoms with Crippen LogP contribution in [0.1, 0.15) is 0 Å². The van der Waals surface area contributed by atoms with E-state index in [1.807, 2.05) is 36.4 Å². The second kappa shape index (κ2) is 5.05. The molecule has 0 saturated heterocycles. The van der Waals surface area contributed by atoms with Crippen LogP contribution in [0.2, 0.25) is 0 Å². The van der Waals surface area contributed by atoms with E-state index in [0.717, 1.165) is 11.1 Å². The predicted molar refractivity (Wildman–Crippen MR) is 76.1 cm³/mol. The molecule has 1 heterocycles. The van der Waals surface area contributed by atoms with Gasteiger partial charge >= 0.3 is 0 Å². The fraction of sp³-hybridized carbons (Fsp3) is 0.0667. The first kappa shape index (κ1) is 12.2. The third-order valence-corrected chi connectivity index (χ3v) is 2.92. The first-order chi connectivity index (χ1) is 9.78. The number of nitrogen functional groups attached to an aromatic ring is 1. The lowest BCUT2D eigenvalue weighted by molar-refractivity contribution is 0.417. The Balaban J connectivity index is 1.96. The fourth-order valence-electron chi connectivity index (χ4n) is 1.90. The zero-order chi connectivity index (χ0) is 13.9. The van der Waals surface area contributed by atoms with Crippen LogP contribution < -0.4 is 10.5 Å². The Labute approximate surface area is 116 Å². The number of methoxy groups -OCH3 is 1. The van der Waals surface area contributed by atoms with Crippen LogP contribution in [0, 0.1) is 0 Å². The van der Waals surface area contributed by atoms with Gasteiger partial charge in [-0.2, -0.15) is 0 Å². The molecule has 100 valence electrons. The highest BCUT2D eigenvalue weighted by molar-refractivity contribution is 5.66. The first-order valence-corrected chi connectivity index (χ1v) is 6.11. The fourth-order valence-corrected chi connectivity index (χ4v) is 1.90. The van der Waals surface area contributed by atoms with Crippen LogP contribution in [0.5, 0.6) is 5.75 Å². The number of rotatable bonds is 3. The highest BCUT2D eigenvalue weighted by Crippen LogP contribution is 2.29. The molecule has 0 bridgehead atoms. The quantitative estimate of drug-likeness (QED) is 0.738. The summed E-state index contributed by atoms with van der Waals surface area (Å²) in [6.45, 7) is 0. The van der Waals surface area contributed by atoms with Gasteiger partial charge in [0.1, 0.15) is 5.75 Å². The molecular weight excluding hydrogens is 254 g/mol. The van der Waals surface area contributed by atoms with Gasteiger partial charge in [-0.05, 0) is 30.3 Å². The van der Waals surface area contributed by atoms with Gasteiger partial charge in [0.05, 0.1) is 12.8 Å². The summed E-state index contributed by atoms with van der Waals surface area (Å²) in [5.74, 6) is 1.53. The molecule has 0 spiro atoms. The Hall–Kier alpha value is -2.82. The van der Waals surface area contributed by atoms with Crippen LogP contribution in [0.25, 0.3) is 22.9 Å². The molecule has 0 fully saturated rings. The topological polar surface area (TPSA) is 74.2 Å². The summed E-state index contributed by atoms with van der Waals surface area (Å²) in [5, 5.41) is 8.09. The van der Waals surface area contributed by atoms with E-state index in [-0.39, 0.29) is 0 Å². The number of benzene rings is 2. The smallest absolute Gasteiger partial charge is 0.248 e. The van der Waals surface area contributed by atoms with Crippen molar-refractivity contribution in [1.82, 2.24) is 10.2 Å². The molecule has 0 aliphatic rings. The summed E-state index contributed by atoms with van der Waals surface area (Å²) >= 11 is 0. The van der Waals surface area contributed by atoms with Gasteiger partial charge in [-0.1, -0.05) is 18.2 Å². The average Bonchev–Trinajstić information content (AvgIpc) is 2.98. The molecule has 2 aromatic carbocycles. The number of anilines is 1. The molecule has 1 aromatic heterocycles. The normalized spacial score (nSPS) is 10.4. The Morgan fingerprint density at radius 2 is 1.65 bits per heavy atom. The van der Waals surface area contributed by atoms with Gasteiger partial charge in [-0.15, -0.1) is 10.2 Å². The van der Waals surface area contributed by atoms with Crippen molar-refractivity contribution >= 4 is 5.69 Å². The molecule has 5 heteroatoms. The van der Waals surface area contributed by atoms with Gasteiger partial charge in [-0.3, -0.25) is 0 Å². The van der Waals surface area contributed by atoms with Gasteiger partial charge in [0.15, 0.2) is 0 Å². The molecule has 0 unspecified atom stereocenters. The Bertz CT molecular complexity index is 723. The number of aromatic nitrogens is 2. The second-order valence-electron chi connectivity index (χ2n) is 4.24. The lowest BCUT2D eigenvalue weighted by Gasteiger charge is -2.04. The molecule has 5 nitrogen and oxygen atoms in total. The molecule has 0 amide bonds. The van der Waals surface area contributed by atoms with Crippen LogP contribution in [0.4, 0.5) is 5.69 Å². The van der Waals surface area contributed by atoms with Gasteiger partial charge in [0.25, 0.3) is 0 Å². The number of hydrogen-bond donors (Lipinski definition) is 1. The maximum Gasteiger partial charge on any atom is 0.248 e. The van der Waals surface area contributed by atoms with E-state index in [0.29, 0.717) is 23.2 Å². The van der Waals surface area contributed by atoms with Crippen molar-refractivity contribution in [2.24, 2.45) is 0 Å². The van der Waals surface area contributed by atoms with E-state index in [4.69, 9.17) is 14.9 Å². The molecule has 0 radical (unpaired) electrons. The Morgan fingerprint density at radius 3 is 2.30 bits per heavy atom. The van der Waals surface area contributed by atoms with E-state index >= 15 is 0 Å². The van der Waals surface area contributed by atoms with E-state index < -0.39 is 0 Å². The summed E-state index contributed by atoms with van der Waals surface area (Å²) < 4.78 is 10.8. The summed E-state index contributed by atoms with van der Waals surface area (Å²) in [6.07, 6.45) is 0. The summed E-state index contributed by atoms with van der Waals surface area (Å²) in [4.78, 5) is 0. The first-order valence-electron chi connectivity index (χ1n) is 6.11. The zero-order valence-electron chi connectivity index (χ0n) is 10.9. The Kier molecular flexibility index (Phi) is 3.09. The number of nitrogens with zero attached hydrogens (tertiary/aromatic N) is 2. The number of nitrogens with two attached hydrogens (primary N) is 1. The molecular formula is C15H13N3O2. The maximum absolute atomic E-state index is 5.87. The van der Waals surface area contributed by atoms with E-state index in [1.165, 1.54) is 0 Å². The number of hydrogen-bond acceptors (Lipinski definition) is 5. The molecule has 20 heavy (non-hydrogen) atoms.